The van der Waals surface area contributed by atoms with Gasteiger partial charge in [0.25, 0.3) is 11.6 Å². The Kier molecular flexibility index (Phi) is 4.61. The van der Waals surface area contributed by atoms with E-state index in [1.54, 1.807) is 0 Å². The molecule has 0 bridgehead atoms. The second kappa shape index (κ2) is 5.97. The number of anilines is 1. The van der Waals surface area contributed by atoms with Crippen molar-refractivity contribution in [2.24, 2.45) is 0 Å². The molecule has 0 aliphatic heterocycles. The van der Waals surface area contributed by atoms with E-state index in [0.29, 0.717) is 13.1 Å². The number of nitro groups is 1. The van der Waals surface area contributed by atoms with Gasteiger partial charge in [0.2, 0.25) is 0 Å². The largest absolute Gasteiger partial charge is 0.393 e. The number of likely N-dealkylation sites (N-methyl/N-ethyl adjacent to an activating group) is 1. The SMILES string of the molecule is CN(C)CCNC(=O)c1cccc([N+](=O)[O-])c1N. The van der Waals surface area contributed by atoms with Gasteiger partial charge in [-0.25, -0.2) is 0 Å². The monoisotopic (exact) mass is 252 g/mol. The van der Waals surface area contributed by atoms with Crippen molar-refractivity contribution in [3.8, 4) is 0 Å². The predicted octanol–water partition coefficient (Wildman–Crippen LogP) is 0.468. The highest BCUT2D eigenvalue weighted by Crippen LogP contribution is 2.24. The van der Waals surface area contributed by atoms with Crippen molar-refractivity contribution in [2.75, 3.05) is 32.9 Å². The zero-order valence-electron chi connectivity index (χ0n) is 10.3. The third-order valence-electron chi connectivity index (χ3n) is 2.37. The van der Waals surface area contributed by atoms with Crippen LogP contribution in [0.3, 0.4) is 0 Å². The number of nitrogen functional groups attached to an aromatic ring is 1. The maximum atomic E-state index is 11.8. The molecule has 7 nitrogen and oxygen atoms in total. The van der Waals surface area contributed by atoms with Crippen LogP contribution >= 0.6 is 0 Å². The lowest BCUT2D eigenvalue weighted by Gasteiger charge is -2.11. The minimum Gasteiger partial charge on any atom is -0.393 e. The van der Waals surface area contributed by atoms with Crippen molar-refractivity contribution in [2.45, 2.75) is 0 Å². The first-order valence-corrected chi connectivity index (χ1v) is 5.39. The number of nitrogens with one attached hydrogen (secondary N) is 1. The molecule has 1 rings (SSSR count). The Morgan fingerprint density at radius 1 is 1.50 bits per heavy atom. The summed E-state index contributed by atoms with van der Waals surface area (Å²) in [5.74, 6) is -0.405. The Labute approximate surface area is 105 Å². The van der Waals surface area contributed by atoms with Gasteiger partial charge in [0.1, 0.15) is 5.69 Å². The van der Waals surface area contributed by atoms with Crippen molar-refractivity contribution < 1.29 is 9.72 Å². The summed E-state index contributed by atoms with van der Waals surface area (Å²) in [5.41, 5.74) is 5.37. The molecule has 0 unspecified atom stereocenters. The summed E-state index contributed by atoms with van der Waals surface area (Å²) in [6.45, 7) is 1.13. The fraction of sp³-hybridized carbons (Fsp3) is 0.364. The molecular formula is C11H16N4O3. The van der Waals surface area contributed by atoms with Crippen molar-refractivity contribution >= 4 is 17.3 Å². The zero-order chi connectivity index (χ0) is 13.7. The number of para-hydroxylation sites is 1. The van der Waals surface area contributed by atoms with E-state index < -0.39 is 10.8 Å². The number of nitrogens with two attached hydrogens (primary N) is 1. The smallest absolute Gasteiger partial charge is 0.292 e. The van der Waals surface area contributed by atoms with Crippen LogP contribution < -0.4 is 11.1 Å². The number of amides is 1. The molecular weight excluding hydrogens is 236 g/mol. The number of benzene rings is 1. The van der Waals surface area contributed by atoms with E-state index in [1.165, 1.54) is 18.2 Å². The quantitative estimate of drug-likeness (QED) is 0.450. The summed E-state index contributed by atoms with van der Waals surface area (Å²) in [7, 11) is 3.77. The Morgan fingerprint density at radius 2 is 2.17 bits per heavy atom. The number of nitrogens with zero attached hydrogens (tertiary/aromatic N) is 2. The molecule has 0 fully saturated rings. The number of hydrogen-bond donors (Lipinski definition) is 2. The van der Waals surface area contributed by atoms with Crippen molar-refractivity contribution in [1.29, 1.82) is 0 Å². The van der Waals surface area contributed by atoms with Crippen LogP contribution in [0, 0.1) is 10.1 Å². The summed E-state index contributed by atoms with van der Waals surface area (Å²) in [6.07, 6.45) is 0. The summed E-state index contributed by atoms with van der Waals surface area (Å²) >= 11 is 0. The van der Waals surface area contributed by atoms with E-state index in [1.807, 2.05) is 19.0 Å². The van der Waals surface area contributed by atoms with Gasteiger partial charge in [-0.15, -0.1) is 0 Å². The van der Waals surface area contributed by atoms with E-state index in [2.05, 4.69) is 5.32 Å². The first-order chi connectivity index (χ1) is 8.43. The van der Waals surface area contributed by atoms with Crippen molar-refractivity contribution in [3.63, 3.8) is 0 Å². The number of rotatable bonds is 5. The first kappa shape index (κ1) is 13.9. The van der Waals surface area contributed by atoms with Gasteiger partial charge in [-0.3, -0.25) is 14.9 Å². The first-order valence-electron chi connectivity index (χ1n) is 5.39. The van der Waals surface area contributed by atoms with Gasteiger partial charge in [0.15, 0.2) is 0 Å². The summed E-state index contributed by atoms with van der Waals surface area (Å²) < 4.78 is 0. The molecule has 7 heteroatoms. The Balaban J connectivity index is 2.80. The topological polar surface area (TPSA) is 102 Å². The molecule has 1 aromatic carbocycles. The molecule has 3 N–H and O–H groups in total. The minimum absolute atomic E-state index is 0.107. The third-order valence-corrected chi connectivity index (χ3v) is 2.37. The van der Waals surface area contributed by atoms with Gasteiger partial charge in [0.05, 0.1) is 10.5 Å². The van der Waals surface area contributed by atoms with E-state index >= 15 is 0 Å². The molecule has 18 heavy (non-hydrogen) atoms. The Bertz CT molecular complexity index is 460. The highest BCUT2D eigenvalue weighted by atomic mass is 16.6. The molecule has 0 radical (unpaired) electrons. The number of carbonyl (C=O) groups is 1. The molecule has 0 spiro atoms. The second-order valence-corrected chi connectivity index (χ2v) is 4.05. The standard InChI is InChI=1S/C11H16N4O3/c1-14(2)7-6-13-11(16)8-4-3-5-9(10(8)12)15(17)18/h3-5H,6-7,12H2,1-2H3,(H,13,16). The highest BCUT2D eigenvalue weighted by molar-refractivity contribution is 6.00. The summed E-state index contributed by atoms with van der Waals surface area (Å²) in [5, 5.41) is 13.3. The Morgan fingerprint density at radius 3 is 2.72 bits per heavy atom. The molecule has 1 aromatic rings. The van der Waals surface area contributed by atoms with E-state index in [0.717, 1.165) is 0 Å². The minimum atomic E-state index is -0.605. The fourth-order valence-electron chi connectivity index (χ4n) is 1.40. The Hall–Kier alpha value is -2.15. The lowest BCUT2D eigenvalue weighted by Crippen LogP contribution is -2.31. The van der Waals surface area contributed by atoms with Crippen LogP contribution in [0.5, 0.6) is 0 Å². The molecule has 0 saturated heterocycles. The van der Waals surface area contributed by atoms with Gasteiger partial charge in [-0.05, 0) is 20.2 Å². The highest BCUT2D eigenvalue weighted by Gasteiger charge is 2.18. The van der Waals surface area contributed by atoms with E-state index in [9.17, 15) is 14.9 Å². The molecule has 1 amide bonds. The van der Waals surface area contributed by atoms with Crippen LogP contribution in [-0.4, -0.2) is 42.9 Å². The van der Waals surface area contributed by atoms with E-state index in [4.69, 9.17) is 5.73 Å². The molecule has 0 atom stereocenters. The molecule has 0 heterocycles. The van der Waals surface area contributed by atoms with E-state index in [-0.39, 0.29) is 16.9 Å². The van der Waals surface area contributed by atoms with Gasteiger partial charge < -0.3 is 16.0 Å². The van der Waals surface area contributed by atoms with Crippen LogP contribution in [-0.2, 0) is 0 Å². The predicted molar refractivity (Wildman–Crippen MR) is 68.4 cm³/mol. The maximum absolute atomic E-state index is 11.8. The molecule has 0 aromatic heterocycles. The van der Waals surface area contributed by atoms with Crippen LogP contribution in [0.4, 0.5) is 11.4 Å². The number of carbonyl (C=O) groups excluding carboxylic acids is 1. The zero-order valence-corrected chi connectivity index (χ0v) is 10.3. The summed E-state index contributed by atoms with van der Waals surface area (Å²) in [4.78, 5) is 23.8. The normalized spacial score (nSPS) is 10.4. The number of nitro benzene ring substituents is 1. The van der Waals surface area contributed by atoms with Gasteiger partial charge in [0, 0.05) is 19.2 Å². The van der Waals surface area contributed by atoms with Crippen LogP contribution in [0.1, 0.15) is 10.4 Å². The van der Waals surface area contributed by atoms with Crippen LogP contribution in [0.15, 0.2) is 18.2 Å². The lowest BCUT2D eigenvalue weighted by atomic mass is 10.1. The van der Waals surface area contributed by atoms with Crippen molar-refractivity contribution in [3.05, 3.63) is 33.9 Å². The van der Waals surface area contributed by atoms with Crippen LogP contribution in [0.2, 0.25) is 0 Å². The molecule has 0 aliphatic carbocycles. The van der Waals surface area contributed by atoms with Gasteiger partial charge >= 0.3 is 0 Å². The van der Waals surface area contributed by atoms with Crippen LogP contribution in [0.25, 0.3) is 0 Å². The van der Waals surface area contributed by atoms with Gasteiger partial charge in [-0.2, -0.15) is 0 Å². The maximum Gasteiger partial charge on any atom is 0.292 e. The molecule has 0 saturated carbocycles. The third kappa shape index (κ3) is 3.42. The summed E-state index contributed by atoms with van der Waals surface area (Å²) in [6, 6.07) is 4.18. The van der Waals surface area contributed by atoms with Gasteiger partial charge in [-0.1, -0.05) is 6.07 Å². The molecule has 98 valence electrons. The van der Waals surface area contributed by atoms with Crippen molar-refractivity contribution in [1.82, 2.24) is 10.2 Å². The number of hydrogen-bond acceptors (Lipinski definition) is 5. The second-order valence-electron chi connectivity index (χ2n) is 4.05. The average molecular weight is 252 g/mol. The fourth-order valence-corrected chi connectivity index (χ4v) is 1.40. The lowest BCUT2D eigenvalue weighted by molar-refractivity contribution is -0.383. The molecule has 0 aliphatic rings. The average Bonchev–Trinajstić information content (AvgIpc) is 2.28.